The van der Waals surface area contributed by atoms with Crippen molar-refractivity contribution in [2.45, 2.75) is 43.8 Å². The first kappa shape index (κ1) is 27.7. The molecule has 0 radical (unpaired) electrons. The van der Waals surface area contributed by atoms with E-state index in [1.807, 2.05) is 72.5 Å². The van der Waals surface area contributed by atoms with Gasteiger partial charge in [-0.1, -0.05) is 78.4 Å². The van der Waals surface area contributed by atoms with Crippen LogP contribution in [0.4, 0.5) is 0 Å². The number of hydrogen-bond donors (Lipinski definition) is 3. The van der Waals surface area contributed by atoms with Crippen LogP contribution in [0.1, 0.15) is 29.5 Å². The number of rotatable bonds is 10. The van der Waals surface area contributed by atoms with Crippen LogP contribution in [-0.4, -0.2) is 46.1 Å². The highest BCUT2D eigenvalue weighted by molar-refractivity contribution is 7.85. The van der Waals surface area contributed by atoms with E-state index in [1.165, 1.54) is 12.1 Å². The minimum atomic E-state index is -4.02. The van der Waals surface area contributed by atoms with Crippen molar-refractivity contribution < 1.29 is 32.8 Å². The number of benzene rings is 3. The summed E-state index contributed by atoms with van der Waals surface area (Å²) in [6.07, 6.45) is -0.0959. The van der Waals surface area contributed by atoms with Gasteiger partial charge in [0.2, 0.25) is 0 Å². The van der Waals surface area contributed by atoms with Crippen LogP contribution in [0.15, 0.2) is 89.8 Å². The van der Waals surface area contributed by atoms with Gasteiger partial charge in [0.05, 0.1) is 4.90 Å². The molecule has 0 fully saturated rings. The first-order valence-electron chi connectivity index (χ1n) is 10.9. The molecule has 3 aromatic carbocycles. The highest BCUT2D eigenvalue weighted by Gasteiger charge is 2.26. The highest BCUT2D eigenvalue weighted by Crippen LogP contribution is 2.17. The molecule has 9 heteroatoms. The molecule has 1 unspecified atom stereocenters. The van der Waals surface area contributed by atoms with E-state index in [9.17, 15) is 23.1 Å². The summed E-state index contributed by atoms with van der Waals surface area (Å²) >= 11 is 0. The van der Waals surface area contributed by atoms with Gasteiger partial charge in [-0.2, -0.15) is 8.42 Å². The summed E-state index contributed by atoms with van der Waals surface area (Å²) in [6, 6.07) is 24.3. The van der Waals surface area contributed by atoms with Gasteiger partial charge < -0.3 is 10.2 Å². The number of aryl methyl sites for hydroxylation is 1. The van der Waals surface area contributed by atoms with E-state index in [4.69, 9.17) is 9.66 Å². The van der Waals surface area contributed by atoms with Gasteiger partial charge in [-0.25, -0.2) is 0 Å². The lowest BCUT2D eigenvalue weighted by molar-refractivity contribution is -0.145. The van der Waals surface area contributed by atoms with Crippen molar-refractivity contribution in [3.05, 3.63) is 102 Å². The topological polar surface area (TPSA) is 132 Å². The molecule has 35 heavy (non-hydrogen) atoms. The normalized spacial score (nSPS) is 11.9. The van der Waals surface area contributed by atoms with E-state index in [0.29, 0.717) is 13.1 Å². The molecule has 0 heterocycles. The summed E-state index contributed by atoms with van der Waals surface area (Å²) < 4.78 is 29.6. The van der Waals surface area contributed by atoms with Gasteiger partial charge in [-0.3, -0.25) is 19.0 Å². The van der Waals surface area contributed by atoms with Crippen molar-refractivity contribution in [3.63, 3.8) is 0 Å². The minimum Gasteiger partial charge on any atom is -0.481 e. The molecule has 0 aromatic heterocycles. The third-order valence-corrected chi connectivity index (χ3v) is 6.00. The van der Waals surface area contributed by atoms with Crippen LogP contribution >= 0.6 is 0 Å². The van der Waals surface area contributed by atoms with E-state index in [2.05, 4.69) is 0 Å². The van der Waals surface area contributed by atoms with Gasteiger partial charge >= 0.3 is 11.9 Å². The van der Waals surface area contributed by atoms with Gasteiger partial charge in [0.25, 0.3) is 10.1 Å². The Morgan fingerprint density at radius 1 is 0.800 bits per heavy atom. The molecular formula is C26H29NO7S. The SMILES string of the molecule is Cc1ccc(S(=O)(=O)O)cc1.O=C(O)CCC(C(=O)O)N(Cc1ccccc1)Cc1ccccc1. The fourth-order valence-electron chi connectivity index (χ4n) is 3.34. The second kappa shape index (κ2) is 13.4. The fourth-order valence-corrected chi connectivity index (χ4v) is 3.82. The highest BCUT2D eigenvalue weighted by atomic mass is 32.2. The molecular weight excluding hydrogens is 470 g/mol. The number of hydrogen-bond acceptors (Lipinski definition) is 5. The lowest BCUT2D eigenvalue weighted by atomic mass is 10.1. The van der Waals surface area contributed by atoms with Gasteiger partial charge in [0.15, 0.2) is 0 Å². The molecule has 0 saturated carbocycles. The second-order valence-electron chi connectivity index (χ2n) is 7.95. The molecule has 0 aliphatic carbocycles. The van der Waals surface area contributed by atoms with E-state index in [1.54, 1.807) is 12.1 Å². The Morgan fingerprint density at radius 2 is 1.26 bits per heavy atom. The maximum Gasteiger partial charge on any atom is 0.320 e. The molecule has 8 nitrogen and oxygen atoms in total. The Bertz CT molecular complexity index is 1140. The smallest absolute Gasteiger partial charge is 0.320 e. The number of carbonyl (C=O) groups is 2. The molecule has 0 saturated heterocycles. The summed E-state index contributed by atoms with van der Waals surface area (Å²) in [5, 5.41) is 18.5. The molecule has 3 aromatic rings. The first-order valence-corrected chi connectivity index (χ1v) is 12.3. The van der Waals surface area contributed by atoms with E-state index < -0.39 is 28.1 Å². The van der Waals surface area contributed by atoms with Crippen LogP contribution in [-0.2, 0) is 32.8 Å². The Hall–Kier alpha value is -3.53. The first-order chi connectivity index (χ1) is 16.6. The molecule has 0 aliphatic heterocycles. The third kappa shape index (κ3) is 10.1. The van der Waals surface area contributed by atoms with Gasteiger partial charge in [0, 0.05) is 19.5 Å². The summed E-state index contributed by atoms with van der Waals surface area (Å²) in [6.45, 7) is 2.74. The predicted molar refractivity (Wildman–Crippen MR) is 131 cm³/mol. The lowest BCUT2D eigenvalue weighted by Gasteiger charge is -2.29. The summed E-state index contributed by atoms with van der Waals surface area (Å²) in [7, 11) is -4.02. The predicted octanol–water partition coefficient (Wildman–Crippen LogP) is 4.25. The lowest BCUT2D eigenvalue weighted by Crippen LogP contribution is -2.40. The molecule has 186 valence electrons. The average Bonchev–Trinajstić information content (AvgIpc) is 2.80. The summed E-state index contributed by atoms with van der Waals surface area (Å²) in [4.78, 5) is 24.3. The number of nitrogens with zero attached hydrogens (tertiary/aromatic N) is 1. The minimum absolute atomic E-state index is 0.0666. The van der Waals surface area contributed by atoms with E-state index >= 15 is 0 Å². The molecule has 0 spiro atoms. The Balaban J connectivity index is 0.000000328. The second-order valence-corrected chi connectivity index (χ2v) is 9.37. The maximum atomic E-state index is 11.7. The largest absolute Gasteiger partial charge is 0.481 e. The quantitative estimate of drug-likeness (QED) is 0.353. The molecule has 3 N–H and O–H groups in total. The molecule has 0 aliphatic rings. The summed E-state index contributed by atoms with van der Waals surface area (Å²) in [5.41, 5.74) is 2.95. The molecule has 0 amide bonds. The van der Waals surface area contributed by atoms with Crippen LogP contribution in [0.5, 0.6) is 0 Å². The zero-order chi connectivity index (χ0) is 25.8. The maximum absolute atomic E-state index is 11.7. The Morgan fingerprint density at radius 3 is 1.63 bits per heavy atom. The Kier molecular flexibility index (Phi) is 10.6. The number of carboxylic acid groups (broad SMARTS) is 2. The molecule has 1 atom stereocenters. The van der Waals surface area contributed by atoms with Crippen LogP contribution in [0, 0.1) is 6.92 Å². The summed E-state index contributed by atoms with van der Waals surface area (Å²) in [5.74, 6) is -1.98. The standard InChI is InChI=1S/C19H21NO4.C7H8O3S/c21-18(22)12-11-17(19(23)24)20(13-15-7-3-1-4-8-15)14-16-9-5-2-6-10-16;1-6-2-4-7(5-3-6)11(8,9)10/h1-10,17H,11-14H2,(H,21,22)(H,23,24);2-5H,1H3,(H,8,9,10). The van der Waals surface area contributed by atoms with Gasteiger partial charge in [0.1, 0.15) is 6.04 Å². The zero-order valence-electron chi connectivity index (χ0n) is 19.3. The van der Waals surface area contributed by atoms with E-state index in [0.717, 1.165) is 16.7 Å². The van der Waals surface area contributed by atoms with Crippen molar-refractivity contribution in [2.24, 2.45) is 0 Å². The van der Waals surface area contributed by atoms with Gasteiger partial charge in [-0.05, 0) is 36.6 Å². The van der Waals surface area contributed by atoms with Crippen LogP contribution < -0.4 is 0 Å². The van der Waals surface area contributed by atoms with Crippen molar-refractivity contribution in [1.29, 1.82) is 0 Å². The van der Waals surface area contributed by atoms with Crippen LogP contribution in [0.25, 0.3) is 0 Å². The van der Waals surface area contributed by atoms with Crippen molar-refractivity contribution >= 4 is 22.1 Å². The van der Waals surface area contributed by atoms with Crippen molar-refractivity contribution in [3.8, 4) is 0 Å². The van der Waals surface area contributed by atoms with Crippen LogP contribution in [0.3, 0.4) is 0 Å². The van der Waals surface area contributed by atoms with Crippen molar-refractivity contribution in [1.82, 2.24) is 4.90 Å². The molecule has 0 bridgehead atoms. The number of carboxylic acids is 2. The fraction of sp³-hybridized carbons (Fsp3) is 0.231. The number of aliphatic carboxylic acids is 2. The van der Waals surface area contributed by atoms with Crippen molar-refractivity contribution in [2.75, 3.05) is 0 Å². The third-order valence-electron chi connectivity index (χ3n) is 5.13. The zero-order valence-corrected chi connectivity index (χ0v) is 20.1. The average molecular weight is 500 g/mol. The monoisotopic (exact) mass is 499 g/mol. The Labute approximate surface area is 205 Å². The molecule has 3 rings (SSSR count). The van der Waals surface area contributed by atoms with Gasteiger partial charge in [-0.15, -0.1) is 0 Å². The van der Waals surface area contributed by atoms with E-state index in [-0.39, 0.29) is 17.7 Å². The van der Waals surface area contributed by atoms with Crippen LogP contribution in [0.2, 0.25) is 0 Å².